The molecule has 0 aliphatic heterocycles. The Morgan fingerprint density at radius 3 is 2.81 bits per heavy atom. The van der Waals surface area contributed by atoms with E-state index >= 15 is 0 Å². The molecule has 0 aliphatic rings. The molecule has 0 aromatic carbocycles. The summed E-state index contributed by atoms with van der Waals surface area (Å²) in [6.07, 6.45) is 4.93. The van der Waals surface area contributed by atoms with Gasteiger partial charge in [-0.1, -0.05) is 11.6 Å². The fraction of sp³-hybridized carbons (Fsp3) is 0.143. The van der Waals surface area contributed by atoms with Crippen LogP contribution in [-0.2, 0) is 0 Å². The minimum Gasteiger partial charge on any atom is -0.494 e. The monoisotopic (exact) mass is 301 g/mol. The topological polar surface area (TPSA) is 72.8 Å². The van der Waals surface area contributed by atoms with Crippen molar-refractivity contribution in [2.45, 2.75) is 0 Å². The van der Waals surface area contributed by atoms with Crippen LogP contribution >= 0.6 is 11.6 Å². The average molecular weight is 302 g/mol. The zero-order valence-corrected chi connectivity index (χ0v) is 12.2. The largest absolute Gasteiger partial charge is 0.494 e. The van der Waals surface area contributed by atoms with E-state index in [-0.39, 0.29) is 0 Å². The van der Waals surface area contributed by atoms with Crippen LogP contribution in [0, 0.1) is 0 Å². The van der Waals surface area contributed by atoms with Crippen LogP contribution in [0.15, 0.2) is 30.7 Å². The van der Waals surface area contributed by atoms with Crippen molar-refractivity contribution >= 4 is 28.3 Å². The molecule has 0 atom stereocenters. The molecular formula is C14H12ClN5O. The van der Waals surface area contributed by atoms with Crippen LogP contribution in [0.1, 0.15) is 0 Å². The molecule has 1 N–H and O–H groups in total. The van der Waals surface area contributed by atoms with Gasteiger partial charge in [-0.15, -0.1) is 0 Å². The zero-order chi connectivity index (χ0) is 14.8. The second kappa shape index (κ2) is 5.49. The first kappa shape index (κ1) is 13.5. The van der Waals surface area contributed by atoms with Gasteiger partial charge in [0.25, 0.3) is 0 Å². The van der Waals surface area contributed by atoms with E-state index in [1.165, 1.54) is 0 Å². The third kappa shape index (κ3) is 2.45. The van der Waals surface area contributed by atoms with Crippen molar-refractivity contribution in [2.24, 2.45) is 0 Å². The number of nitrogens with one attached hydrogen (secondary N) is 1. The van der Waals surface area contributed by atoms with E-state index in [9.17, 15) is 0 Å². The van der Waals surface area contributed by atoms with E-state index < -0.39 is 0 Å². The molecule has 3 aromatic rings. The predicted molar refractivity (Wildman–Crippen MR) is 81.7 cm³/mol. The summed E-state index contributed by atoms with van der Waals surface area (Å²) < 4.78 is 5.32. The number of nitrogens with zero attached hydrogens (tertiary/aromatic N) is 4. The highest BCUT2D eigenvalue weighted by atomic mass is 35.5. The van der Waals surface area contributed by atoms with Crippen LogP contribution in [0.4, 0.5) is 5.82 Å². The fourth-order valence-corrected chi connectivity index (χ4v) is 2.23. The van der Waals surface area contributed by atoms with Crippen LogP contribution in [0.25, 0.3) is 22.3 Å². The maximum atomic E-state index is 5.92. The molecule has 0 saturated carbocycles. The fourth-order valence-electron chi connectivity index (χ4n) is 2.06. The van der Waals surface area contributed by atoms with E-state index in [2.05, 4.69) is 25.3 Å². The van der Waals surface area contributed by atoms with Gasteiger partial charge in [-0.3, -0.25) is 4.98 Å². The van der Waals surface area contributed by atoms with Gasteiger partial charge in [0.15, 0.2) is 5.82 Å². The van der Waals surface area contributed by atoms with Gasteiger partial charge < -0.3 is 10.1 Å². The van der Waals surface area contributed by atoms with E-state index in [1.807, 2.05) is 0 Å². The van der Waals surface area contributed by atoms with E-state index in [0.29, 0.717) is 28.1 Å². The zero-order valence-electron chi connectivity index (χ0n) is 11.5. The van der Waals surface area contributed by atoms with Gasteiger partial charge in [0.1, 0.15) is 16.7 Å². The molecule has 3 aromatic heterocycles. The maximum absolute atomic E-state index is 5.92. The number of halogens is 1. The van der Waals surface area contributed by atoms with Gasteiger partial charge >= 0.3 is 0 Å². The summed E-state index contributed by atoms with van der Waals surface area (Å²) in [6, 6.07) is 3.52. The number of hydrogen-bond donors (Lipinski definition) is 1. The van der Waals surface area contributed by atoms with Gasteiger partial charge in [0, 0.05) is 18.8 Å². The lowest BCUT2D eigenvalue weighted by molar-refractivity contribution is 0.418. The molecule has 0 amide bonds. The quantitative estimate of drug-likeness (QED) is 0.750. The van der Waals surface area contributed by atoms with Crippen LogP contribution in [0.2, 0.25) is 5.15 Å². The van der Waals surface area contributed by atoms with Crippen LogP contribution in [0.3, 0.4) is 0 Å². The lowest BCUT2D eigenvalue weighted by atomic mass is 10.2. The van der Waals surface area contributed by atoms with Crippen molar-refractivity contribution in [1.82, 2.24) is 19.9 Å². The Bertz CT molecular complexity index is 808. The highest BCUT2D eigenvalue weighted by Crippen LogP contribution is 2.31. The molecule has 0 fully saturated rings. The maximum Gasteiger partial charge on any atom is 0.162 e. The summed E-state index contributed by atoms with van der Waals surface area (Å²) in [4.78, 5) is 17.1. The molecule has 0 unspecified atom stereocenters. The second-order valence-electron chi connectivity index (χ2n) is 4.25. The second-order valence-corrected chi connectivity index (χ2v) is 4.64. The summed E-state index contributed by atoms with van der Waals surface area (Å²) in [5.41, 5.74) is 1.48. The first-order chi connectivity index (χ1) is 10.2. The first-order valence-corrected chi connectivity index (χ1v) is 6.60. The Morgan fingerprint density at radius 2 is 2.10 bits per heavy atom. The molecule has 21 heavy (non-hydrogen) atoms. The van der Waals surface area contributed by atoms with Crippen molar-refractivity contribution in [1.29, 1.82) is 0 Å². The van der Waals surface area contributed by atoms with Crippen molar-refractivity contribution in [2.75, 3.05) is 19.5 Å². The van der Waals surface area contributed by atoms with Crippen LogP contribution < -0.4 is 10.1 Å². The SMILES string of the molecule is CNc1nc(-c2ccnc(Cl)c2)nc2cncc(OC)c12. The highest BCUT2D eigenvalue weighted by molar-refractivity contribution is 6.29. The number of rotatable bonds is 3. The standard InChI is InChI=1S/C14H12ClN5O/c1-16-14-12-9(6-17-7-10(12)21-2)19-13(20-14)8-3-4-18-11(15)5-8/h3-7H,1-2H3,(H,16,19,20). The van der Waals surface area contributed by atoms with E-state index in [4.69, 9.17) is 16.3 Å². The molecule has 3 heterocycles. The van der Waals surface area contributed by atoms with Crippen molar-refractivity contribution in [3.63, 3.8) is 0 Å². The van der Waals surface area contributed by atoms with E-state index in [0.717, 1.165) is 10.9 Å². The smallest absolute Gasteiger partial charge is 0.162 e. The lowest BCUT2D eigenvalue weighted by Crippen LogP contribution is -2.01. The molecular weight excluding hydrogens is 290 g/mol. The molecule has 106 valence electrons. The molecule has 3 rings (SSSR count). The average Bonchev–Trinajstić information content (AvgIpc) is 2.53. The summed E-state index contributed by atoms with van der Waals surface area (Å²) in [6.45, 7) is 0. The normalized spacial score (nSPS) is 10.6. The number of ether oxygens (including phenoxy) is 1. The third-order valence-corrected chi connectivity index (χ3v) is 3.22. The number of hydrogen-bond acceptors (Lipinski definition) is 6. The van der Waals surface area contributed by atoms with Gasteiger partial charge in [-0.2, -0.15) is 0 Å². The summed E-state index contributed by atoms with van der Waals surface area (Å²) >= 11 is 5.92. The number of anilines is 1. The Hall–Kier alpha value is -2.47. The van der Waals surface area contributed by atoms with Crippen LogP contribution in [-0.4, -0.2) is 34.1 Å². The van der Waals surface area contributed by atoms with Gasteiger partial charge in [0.05, 0.1) is 30.4 Å². The molecule has 0 bridgehead atoms. The van der Waals surface area contributed by atoms with Crippen molar-refractivity contribution in [3.05, 3.63) is 35.9 Å². The molecule has 0 radical (unpaired) electrons. The summed E-state index contributed by atoms with van der Waals surface area (Å²) in [7, 11) is 3.39. The molecule has 7 heteroatoms. The van der Waals surface area contributed by atoms with Gasteiger partial charge in [0.2, 0.25) is 0 Å². The van der Waals surface area contributed by atoms with Gasteiger partial charge in [-0.25, -0.2) is 15.0 Å². The number of methoxy groups -OCH3 is 1. The first-order valence-electron chi connectivity index (χ1n) is 6.22. The van der Waals surface area contributed by atoms with Gasteiger partial charge in [-0.05, 0) is 12.1 Å². The Kier molecular flexibility index (Phi) is 3.53. The third-order valence-electron chi connectivity index (χ3n) is 3.01. The minimum absolute atomic E-state index is 0.394. The highest BCUT2D eigenvalue weighted by Gasteiger charge is 2.13. The van der Waals surface area contributed by atoms with Crippen molar-refractivity contribution < 1.29 is 4.74 Å². The number of aromatic nitrogens is 4. The molecule has 0 saturated heterocycles. The number of fused-ring (bicyclic) bond motifs is 1. The molecule has 6 nitrogen and oxygen atoms in total. The Balaban J connectivity index is 2.27. The minimum atomic E-state index is 0.394. The Morgan fingerprint density at radius 1 is 1.24 bits per heavy atom. The summed E-state index contributed by atoms with van der Waals surface area (Å²) in [5.74, 6) is 1.84. The number of pyridine rings is 2. The summed E-state index contributed by atoms with van der Waals surface area (Å²) in [5, 5.41) is 4.25. The lowest BCUT2D eigenvalue weighted by Gasteiger charge is -2.10. The molecule has 0 spiro atoms. The molecule has 0 aliphatic carbocycles. The Labute approximate surface area is 126 Å². The predicted octanol–water partition coefficient (Wildman–Crippen LogP) is 2.79. The van der Waals surface area contributed by atoms with E-state index in [1.54, 1.807) is 44.9 Å². The van der Waals surface area contributed by atoms with Crippen LogP contribution in [0.5, 0.6) is 5.75 Å². The van der Waals surface area contributed by atoms with Crippen molar-refractivity contribution in [3.8, 4) is 17.1 Å².